The zero-order chi connectivity index (χ0) is 7.11. The Kier molecular flexibility index (Phi) is 4.82. The fourth-order valence-electron chi connectivity index (χ4n) is 0.296. The first-order chi connectivity index (χ1) is 4.31. The predicted octanol–water partition coefficient (Wildman–Crippen LogP) is 1.04. The van der Waals surface area contributed by atoms with E-state index in [2.05, 4.69) is 11.7 Å². The van der Waals surface area contributed by atoms with Gasteiger partial charge in [-0.3, -0.25) is 0 Å². The van der Waals surface area contributed by atoms with Crippen LogP contribution >= 0.6 is 0 Å². The molecular weight excluding hydrogens is 118 g/mol. The predicted molar refractivity (Wildman–Crippen MR) is 35.9 cm³/mol. The SMILES string of the molecule is C=CC(C)OC/C=N\O. The van der Waals surface area contributed by atoms with Gasteiger partial charge in [0.05, 0.1) is 18.9 Å². The molecule has 0 aliphatic carbocycles. The average Bonchev–Trinajstić information content (AvgIpc) is 1.89. The van der Waals surface area contributed by atoms with Gasteiger partial charge in [0.2, 0.25) is 0 Å². The third kappa shape index (κ3) is 5.03. The number of nitrogens with zero attached hydrogens (tertiary/aromatic N) is 1. The lowest BCUT2D eigenvalue weighted by atomic mass is 10.4. The third-order valence-electron chi connectivity index (χ3n) is 0.847. The summed E-state index contributed by atoms with van der Waals surface area (Å²) in [6, 6.07) is 0. The Morgan fingerprint density at radius 2 is 2.56 bits per heavy atom. The van der Waals surface area contributed by atoms with Crippen molar-refractivity contribution in [2.75, 3.05) is 6.61 Å². The minimum atomic E-state index is 0.0167. The lowest BCUT2D eigenvalue weighted by molar-refractivity contribution is 0.132. The second kappa shape index (κ2) is 5.31. The summed E-state index contributed by atoms with van der Waals surface area (Å²) < 4.78 is 5.00. The van der Waals surface area contributed by atoms with Crippen molar-refractivity contribution in [1.82, 2.24) is 0 Å². The Hall–Kier alpha value is -0.830. The molecule has 1 unspecified atom stereocenters. The van der Waals surface area contributed by atoms with Crippen molar-refractivity contribution >= 4 is 6.21 Å². The molecule has 1 N–H and O–H groups in total. The van der Waals surface area contributed by atoms with Gasteiger partial charge >= 0.3 is 0 Å². The van der Waals surface area contributed by atoms with Gasteiger partial charge in [-0.25, -0.2) is 0 Å². The van der Waals surface area contributed by atoms with E-state index in [-0.39, 0.29) is 6.10 Å². The van der Waals surface area contributed by atoms with Gasteiger partial charge in [0, 0.05) is 0 Å². The lowest BCUT2D eigenvalue weighted by Crippen LogP contribution is -2.05. The number of hydrogen-bond donors (Lipinski definition) is 1. The fourth-order valence-corrected chi connectivity index (χ4v) is 0.296. The molecule has 0 fully saturated rings. The normalized spacial score (nSPS) is 13.9. The van der Waals surface area contributed by atoms with Crippen LogP contribution in [0.3, 0.4) is 0 Å². The fraction of sp³-hybridized carbons (Fsp3) is 0.500. The molecule has 0 aliphatic rings. The van der Waals surface area contributed by atoms with Crippen molar-refractivity contribution in [2.45, 2.75) is 13.0 Å². The van der Waals surface area contributed by atoms with Crippen LogP contribution in [0.4, 0.5) is 0 Å². The van der Waals surface area contributed by atoms with Crippen molar-refractivity contribution in [1.29, 1.82) is 0 Å². The minimum absolute atomic E-state index is 0.0167. The standard InChI is InChI=1S/C6H11NO2/c1-3-6(2)9-5-4-7-8/h3-4,6,8H,1,5H2,2H3/b7-4-. The molecule has 0 radical (unpaired) electrons. The van der Waals surface area contributed by atoms with E-state index in [0.29, 0.717) is 6.61 Å². The van der Waals surface area contributed by atoms with E-state index in [1.165, 1.54) is 6.21 Å². The van der Waals surface area contributed by atoms with Crippen molar-refractivity contribution in [3.63, 3.8) is 0 Å². The first kappa shape index (κ1) is 8.17. The molecule has 52 valence electrons. The van der Waals surface area contributed by atoms with E-state index in [9.17, 15) is 0 Å². The monoisotopic (exact) mass is 129 g/mol. The molecule has 0 heterocycles. The molecule has 0 saturated heterocycles. The zero-order valence-corrected chi connectivity index (χ0v) is 5.45. The summed E-state index contributed by atoms with van der Waals surface area (Å²) in [5, 5.41) is 10.7. The van der Waals surface area contributed by atoms with Crippen LogP contribution in [0.25, 0.3) is 0 Å². The van der Waals surface area contributed by atoms with Crippen LogP contribution in [0.5, 0.6) is 0 Å². The van der Waals surface area contributed by atoms with Crippen LogP contribution in [-0.2, 0) is 4.74 Å². The summed E-state index contributed by atoms with van der Waals surface area (Å²) >= 11 is 0. The summed E-state index contributed by atoms with van der Waals surface area (Å²) in [6.07, 6.45) is 2.97. The molecule has 0 saturated carbocycles. The zero-order valence-electron chi connectivity index (χ0n) is 5.45. The Bertz CT molecular complexity index is 101. The molecule has 3 nitrogen and oxygen atoms in total. The van der Waals surface area contributed by atoms with Crippen LogP contribution < -0.4 is 0 Å². The van der Waals surface area contributed by atoms with Crippen LogP contribution in [0.2, 0.25) is 0 Å². The van der Waals surface area contributed by atoms with Crippen molar-refractivity contribution in [2.24, 2.45) is 5.16 Å². The van der Waals surface area contributed by atoms with E-state index >= 15 is 0 Å². The smallest absolute Gasteiger partial charge is 0.0859 e. The van der Waals surface area contributed by atoms with E-state index in [1.54, 1.807) is 6.08 Å². The van der Waals surface area contributed by atoms with Gasteiger partial charge in [0.1, 0.15) is 0 Å². The summed E-state index contributed by atoms with van der Waals surface area (Å²) in [5.74, 6) is 0. The molecule has 3 heteroatoms. The topological polar surface area (TPSA) is 41.8 Å². The van der Waals surface area contributed by atoms with Gasteiger partial charge in [-0.15, -0.1) is 6.58 Å². The van der Waals surface area contributed by atoms with Gasteiger partial charge in [-0.1, -0.05) is 11.2 Å². The maximum atomic E-state index is 7.92. The highest BCUT2D eigenvalue weighted by molar-refractivity contribution is 5.57. The lowest BCUT2D eigenvalue weighted by Gasteiger charge is -2.02. The summed E-state index contributed by atoms with van der Waals surface area (Å²) in [6.45, 7) is 5.69. The Morgan fingerprint density at radius 1 is 1.89 bits per heavy atom. The third-order valence-corrected chi connectivity index (χ3v) is 0.847. The average molecular weight is 129 g/mol. The molecule has 1 atom stereocenters. The van der Waals surface area contributed by atoms with Crippen LogP contribution in [0.1, 0.15) is 6.92 Å². The van der Waals surface area contributed by atoms with E-state index < -0.39 is 0 Å². The van der Waals surface area contributed by atoms with E-state index in [4.69, 9.17) is 9.94 Å². The first-order valence-electron chi connectivity index (χ1n) is 2.71. The molecule has 0 spiro atoms. The molecule has 0 bridgehead atoms. The Morgan fingerprint density at radius 3 is 3.00 bits per heavy atom. The molecule has 0 aromatic rings. The van der Waals surface area contributed by atoms with Gasteiger partial charge in [-0.05, 0) is 6.92 Å². The maximum absolute atomic E-state index is 7.92. The largest absolute Gasteiger partial charge is 0.411 e. The highest BCUT2D eigenvalue weighted by Crippen LogP contribution is 1.87. The minimum Gasteiger partial charge on any atom is -0.411 e. The van der Waals surface area contributed by atoms with E-state index in [0.717, 1.165) is 0 Å². The van der Waals surface area contributed by atoms with Crippen molar-refractivity contribution in [3.8, 4) is 0 Å². The molecule has 0 amide bonds. The molecular formula is C6H11NO2. The van der Waals surface area contributed by atoms with Crippen LogP contribution in [0, 0.1) is 0 Å². The second-order valence-corrected chi connectivity index (χ2v) is 1.57. The summed E-state index contributed by atoms with van der Waals surface area (Å²) in [7, 11) is 0. The maximum Gasteiger partial charge on any atom is 0.0859 e. The molecule has 0 aliphatic heterocycles. The number of oxime groups is 1. The Balaban J connectivity index is 3.16. The van der Waals surface area contributed by atoms with Crippen molar-refractivity contribution < 1.29 is 9.94 Å². The van der Waals surface area contributed by atoms with Gasteiger partial charge in [-0.2, -0.15) is 0 Å². The summed E-state index contributed by atoms with van der Waals surface area (Å²) in [4.78, 5) is 0. The molecule has 0 aromatic heterocycles. The number of rotatable bonds is 4. The number of hydrogen-bond acceptors (Lipinski definition) is 3. The van der Waals surface area contributed by atoms with Gasteiger partial charge in [0.15, 0.2) is 0 Å². The van der Waals surface area contributed by atoms with E-state index in [1.807, 2.05) is 6.92 Å². The van der Waals surface area contributed by atoms with Crippen LogP contribution in [0.15, 0.2) is 17.8 Å². The highest BCUT2D eigenvalue weighted by Gasteiger charge is 1.90. The van der Waals surface area contributed by atoms with Crippen molar-refractivity contribution in [3.05, 3.63) is 12.7 Å². The quantitative estimate of drug-likeness (QED) is 0.266. The number of ether oxygens (including phenoxy) is 1. The first-order valence-corrected chi connectivity index (χ1v) is 2.71. The molecule has 0 aromatic carbocycles. The molecule has 0 rings (SSSR count). The van der Waals surface area contributed by atoms with Gasteiger partial charge < -0.3 is 9.94 Å². The Labute approximate surface area is 54.6 Å². The van der Waals surface area contributed by atoms with Gasteiger partial charge in [0.25, 0.3) is 0 Å². The highest BCUT2D eigenvalue weighted by atomic mass is 16.5. The molecule has 9 heavy (non-hydrogen) atoms. The van der Waals surface area contributed by atoms with Crippen LogP contribution in [-0.4, -0.2) is 24.1 Å². The second-order valence-electron chi connectivity index (χ2n) is 1.57. The summed E-state index contributed by atoms with van der Waals surface area (Å²) in [5.41, 5.74) is 0.